The monoisotopic (exact) mass is 488 g/mol. The van der Waals surface area contributed by atoms with Crippen molar-refractivity contribution >= 4 is 21.8 Å². The fraction of sp³-hybridized carbons (Fsp3) is 0.179. The first kappa shape index (κ1) is 21.6. The van der Waals surface area contributed by atoms with Gasteiger partial charge in [0.15, 0.2) is 0 Å². The van der Waals surface area contributed by atoms with Crippen LogP contribution in [0.1, 0.15) is 12.8 Å². The van der Waals surface area contributed by atoms with Gasteiger partial charge in [0.05, 0.1) is 41.0 Å². The second-order valence-electron chi connectivity index (χ2n) is 9.23. The van der Waals surface area contributed by atoms with E-state index in [-0.39, 0.29) is 6.10 Å². The molecule has 182 valence electrons. The molecular weight excluding hydrogens is 464 g/mol. The molecule has 9 nitrogen and oxygen atoms in total. The molecule has 1 aliphatic heterocycles. The van der Waals surface area contributed by atoms with E-state index in [2.05, 4.69) is 46.5 Å². The van der Waals surface area contributed by atoms with Crippen molar-refractivity contribution in [1.29, 1.82) is 0 Å². The number of pyridine rings is 4. The van der Waals surface area contributed by atoms with Crippen molar-refractivity contribution in [2.75, 3.05) is 13.1 Å². The molecule has 37 heavy (non-hydrogen) atoms. The Kier molecular flexibility index (Phi) is 5.32. The first-order chi connectivity index (χ1) is 18.3. The van der Waals surface area contributed by atoms with Gasteiger partial charge >= 0.3 is 0 Å². The lowest BCUT2D eigenvalue weighted by Crippen LogP contribution is -2.34. The summed E-state index contributed by atoms with van der Waals surface area (Å²) >= 11 is 0. The van der Waals surface area contributed by atoms with Crippen LogP contribution >= 0.6 is 0 Å². The number of fused-ring (bicyclic) bond motifs is 2. The highest BCUT2D eigenvalue weighted by molar-refractivity contribution is 6.01. The Morgan fingerprint density at radius 2 is 1.65 bits per heavy atom. The molecule has 0 spiro atoms. The summed E-state index contributed by atoms with van der Waals surface area (Å²) in [5.41, 5.74) is 7.36. The molecule has 1 saturated heterocycles. The van der Waals surface area contributed by atoms with Gasteiger partial charge in [0.2, 0.25) is 0 Å². The Bertz CT molecular complexity index is 1700. The third kappa shape index (κ3) is 4.09. The molecule has 0 aliphatic carbocycles. The molecule has 6 aromatic rings. The van der Waals surface area contributed by atoms with E-state index in [1.807, 2.05) is 49.1 Å². The molecular formula is C28H24N8O. The number of nitrogens with zero attached hydrogens (tertiary/aromatic N) is 5. The van der Waals surface area contributed by atoms with Crippen LogP contribution in [0.15, 0.2) is 73.7 Å². The van der Waals surface area contributed by atoms with E-state index in [1.165, 1.54) is 0 Å². The van der Waals surface area contributed by atoms with Gasteiger partial charge in [0, 0.05) is 46.7 Å². The Morgan fingerprint density at radius 3 is 2.54 bits per heavy atom. The minimum Gasteiger partial charge on any atom is -0.489 e. The number of nitrogens with one attached hydrogen (secondary N) is 3. The number of H-pyrrole nitrogens is 2. The van der Waals surface area contributed by atoms with Gasteiger partial charge in [-0.3, -0.25) is 25.0 Å². The quantitative estimate of drug-likeness (QED) is 0.320. The van der Waals surface area contributed by atoms with Crippen LogP contribution in [-0.2, 0) is 0 Å². The molecule has 0 unspecified atom stereocenters. The zero-order chi connectivity index (χ0) is 24.6. The maximum Gasteiger partial charge on any atom is 0.138 e. The third-order valence-corrected chi connectivity index (χ3v) is 6.84. The molecule has 0 atom stereocenters. The van der Waals surface area contributed by atoms with Crippen LogP contribution in [0, 0.1) is 0 Å². The lowest BCUT2D eigenvalue weighted by atomic mass is 10.1. The summed E-state index contributed by atoms with van der Waals surface area (Å²) in [6.45, 7) is 1.96. The van der Waals surface area contributed by atoms with Gasteiger partial charge in [0.25, 0.3) is 0 Å². The molecule has 6 aromatic heterocycles. The third-order valence-electron chi connectivity index (χ3n) is 6.84. The topological polar surface area (TPSA) is 117 Å². The Morgan fingerprint density at radius 1 is 0.784 bits per heavy atom. The lowest BCUT2D eigenvalue weighted by molar-refractivity contribution is 0.162. The minimum atomic E-state index is 0.211. The Balaban J connectivity index is 1.26. The standard InChI is InChI=1S/C28H24N8O/c1-5-29-6-2-17(1)23-14-32-15-26-21(23)10-25(34-26)28-22-11-24(33-16-27(22)35-36-28)18-9-20(13-31-12-18)37-19-3-7-30-8-4-19/h1-2,5-6,9-16,19,30,34H,3-4,7-8H2,(H,35,36). The van der Waals surface area contributed by atoms with Crippen molar-refractivity contribution in [2.45, 2.75) is 18.9 Å². The van der Waals surface area contributed by atoms with Gasteiger partial charge in [-0.15, -0.1) is 0 Å². The van der Waals surface area contributed by atoms with Gasteiger partial charge in [-0.1, -0.05) is 0 Å². The van der Waals surface area contributed by atoms with E-state index >= 15 is 0 Å². The van der Waals surface area contributed by atoms with E-state index in [4.69, 9.17) is 4.74 Å². The SMILES string of the molecule is c1cc(-c2cncc3[nH]c(-c4n[nH]c5cnc(-c6cncc(OC7CCNCC7)c6)cc45)cc23)ccn1. The zero-order valence-corrected chi connectivity index (χ0v) is 20.0. The molecule has 3 N–H and O–H groups in total. The van der Waals surface area contributed by atoms with Gasteiger partial charge in [-0.25, -0.2) is 0 Å². The van der Waals surface area contributed by atoms with Crippen LogP contribution in [0.25, 0.3) is 55.6 Å². The van der Waals surface area contributed by atoms with Crippen molar-refractivity contribution in [3.63, 3.8) is 0 Å². The number of hydrogen-bond acceptors (Lipinski definition) is 7. The average Bonchev–Trinajstić information content (AvgIpc) is 3.58. The summed E-state index contributed by atoms with van der Waals surface area (Å²) < 4.78 is 6.20. The molecule has 0 aromatic carbocycles. The number of rotatable bonds is 5. The highest BCUT2D eigenvalue weighted by Gasteiger charge is 2.17. The molecule has 7 heterocycles. The Hall–Kier alpha value is -4.63. The summed E-state index contributed by atoms with van der Waals surface area (Å²) in [5, 5.41) is 13.2. The van der Waals surface area contributed by atoms with E-state index in [1.54, 1.807) is 18.6 Å². The summed E-state index contributed by atoms with van der Waals surface area (Å²) in [4.78, 5) is 21.2. The fourth-order valence-corrected chi connectivity index (χ4v) is 4.95. The number of aromatic nitrogens is 7. The minimum absolute atomic E-state index is 0.211. The van der Waals surface area contributed by atoms with Crippen LogP contribution in [0.5, 0.6) is 5.75 Å². The van der Waals surface area contributed by atoms with Crippen LogP contribution in [-0.4, -0.2) is 54.3 Å². The second kappa shape index (κ2) is 9.11. The van der Waals surface area contributed by atoms with Crippen LogP contribution in [0.2, 0.25) is 0 Å². The molecule has 1 aliphatic rings. The second-order valence-corrected chi connectivity index (χ2v) is 9.23. The fourth-order valence-electron chi connectivity index (χ4n) is 4.95. The van der Waals surface area contributed by atoms with E-state index in [9.17, 15) is 0 Å². The number of hydrogen-bond donors (Lipinski definition) is 3. The predicted molar refractivity (Wildman–Crippen MR) is 142 cm³/mol. The Labute approximate surface area is 212 Å². The number of ether oxygens (including phenoxy) is 1. The average molecular weight is 489 g/mol. The normalized spacial score (nSPS) is 14.4. The van der Waals surface area contributed by atoms with Crippen molar-refractivity contribution in [3.8, 4) is 39.5 Å². The molecule has 0 amide bonds. The molecule has 0 saturated carbocycles. The maximum atomic E-state index is 6.20. The highest BCUT2D eigenvalue weighted by Crippen LogP contribution is 2.34. The molecule has 1 fully saturated rings. The summed E-state index contributed by atoms with van der Waals surface area (Å²) in [6, 6.07) is 10.2. The summed E-state index contributed by atoms with van der Waals surface area (Å²) in [7, 11) is 0. The maximum absolute atomic E-state index is 6.20. The summed E-state index contributed by atoms with van der Waals surface area (Å²) in [5.74, 6) is 0.769. The smallest absolute Gasteiger partial charge is 0.138 e. The van der Waals surface area contributed by atoms with Gasteiger partial charge in [-0.05, 0) is 61.8 Å². The predicted octanol–water partition coefficient (Wildman–Crippen LogP) is 4.76. The lowest BCUT2D eigenvalue weighted by Gasteiger charge is -2.23. The van der Waals surface area contributed by atoms with Crippen molar-refractivity contribution < 1.29 is 4.74 Å². The van der Waals surface area contributed by atoms with E-state index in [0.29, 0.717) is 0 Å². The van der Waals surface area contributed by atoms with E-state index in [0.717, 1.165) is 87.3 Å². The van der Waals surface area contributed by atoms with Crippen LogP contribution in [0.3, 0.4) is 0 Å². The highest BCUT2D eigenvalue weighted by atomic mass is 16.5. The largest absolute Gasteiger partial charge is 0.489 e. The zero-order valence-electron chi connectivity index (χ0n) is 20.0. The summed E-state index contributed by atoms with van der Waals surface area (Å²) in [6.07, 6.45) is 14.9. The molecule has 0 bridgehead atoms. The van der Waals surface area contributed by atoms with Gasteiger partial charge in [0.1, 0.15) is 17.5 Å². The first-order valence-corrected chi connectivity index (χ1v) is 12.4. The molecule has 9 heteroatoms. The first-order valence-electron chi connectivity index (χ1n) is 12.4. The number of piperidine rings is 1. The molecule has 7 rings (SSSR count). The van der Waals surface area contributed by atoms with E-state index < -0.39 is 0 Å². The van der Waals surface area contributed by atoms with Crippen LogP contribution in [0.4, 0.5) is 0 Å². The van der Waals surface area contributed by atoms with Crippen molar-refractivity contribution in [2.24, 2.45) is 0 Å². The van der Waals surface area contributed by atoms with Crippen molar-refractivity contribution in [3.05, 3.63) is 73.7 Å². The molecule has 0 radical (unpaired) electrons. The number of aromatic amines is 2. The van der Waals surface area contributed by atoms with Crippen molar-refractivity contribution in [1.82, 2.24) is 40.4 Å². The van der Waals surface area contributed by atoms with Gasteiger partial charge < -0.3 is 15.0 Å². The van der Waals surface area contributed by atoms with Gasteiger partial charge in [-0.2, -0.15) is 5.10 Å². The van der Waals surface area contributed by atoms with Crippen LogP contribution < -0.4 is 10.1 Å².